The minimum absolute atomic E-state index is 0.135. The number of carboxylic acids is 1. The first-order chi connectivity index (χ1) is 12.1. The summed E-state index contributed by atoms with van der Waals surface area (Å²) in [6, 6.07) is 0.394. The number of carbonyl (C=O) groups is 2. The summed E-state index contributed by atoms with van der Waals surface area (Å²) in [7, 11) is 0. The molecule has 3 N–H and O–H groups in total. The average Bonchev–Trinajstić information content (AvgIpc) is 2.88. The Morgan fingerprint density at radius 2 is 2.00 bits per heavy atom. The fourth-order valence-electron chi connectivity index (χ4n) is 2.51. The molecule has 0 saturated heterocycles. The number of carbonyl (C=O) groups excluding carboxylic acids is 1. The van der Waals surface area contributed by atoms with Gasteiger partial charge in [-0.1, -0.05) is 13.3 Å². The van der Waals surface area contributed by atoms with Gasteiger partial charge >= 0.3 is 12.1 Å². The summed E-state index contributed by atoms with van der Waals surface area (Å²) < 4.78 is 39.9. The van der Waals surface area contributed by atoms with Gasteiger partial charge in [-0.3, -0.25) is 9.20 Å². The highest BCUT2D eigenvalue weighted by atomic mass is 19.4. The SMILES string of the molecule is CCCc1nc2ccc(C(F)(F)F)cn2c1C(=O)NC(C(=O)O)C(C)O. The van der Waals surface area contributed by atoms with E-state index < -0.39 is 35.8 Å². The predicted octanol–water partition coefficient (Wildman–Crippen LogP) is 1.87. The Kier molecular flexibility index (Phi) is 5.55. The zero-order valence-corrected chi connectivity index (χ0v) is 14.0. The number of aliphatic hydroxyl groups excluding tert-OH is 1. The summed E-state index contributed by atoms with van der Waals surface area (Å²) in [4.78, 5) is 27.9. The lowest BCUT2D eigenvalue weighted by atomic mass is 10.1. The monoisotopic (exact) mass is 373 g/mol. The van der Waals surface area contributed by atoms with Crippen LogP contribution in [-0.2, 0) is 17.4 Å². The highest BCUT2D eigenvalue weighted by Crippen LogP contribution is 2.30. The number of hydrogen-bond acceptors (Lipinski definition) is 4. The second-order valence-corrected chi connectivity index (χ2v) is 5.83. The Bertz CT molecular complexity index is 830. The molecule has 7 nitrogen and oxygen atoms in total. The van der Waals surface area contributed by atoms with Gasteiger partial charge in [-0.15, -0.1) is 0 Å². The van der Waals surface area contributed by atoms with E-state index in [0.717, 1.165) is 22.7 Å². The third-order valence-corrected chi connectivity index (χ3v) is 3.75. The lowest BCUT2D eigenvalue weighted by molar-refractivity contribution is -0.142. The number of rotatable bonds is 6. The smallest absolute Gasteiger partial charge is 0.417 e. The van der Waals surface area contributed by atoms with E-state index >= 15 is 0 Å². The largest absolute Gasteiger partial charge is 0.480 e. The highest BCUT2D eigenvalue weighted by Gasteiger charge is 2.33. The van der Waals surface area contributed by atoms with Crippen molar-refractivity contribution in [3.63, 3.8) is 0 Å². The van der Waals surface area contributed by atoms with Crippen molar-refractivity contribution in [1.82, 2.24) is 14.7 Å². The van der Waals surface area contributed by atoms with Crippen molar-refractivity contribution in [2.24, 2.45) is 0 Å². The summed E-state index contributed by atoms with van der Waals surface area (Å²) in [5.74, 6) is -2.39. The van der Waals surface area contributed by atoms with E-state index in [1.165, 1.54) is 6.92 Å². The van der Waals surface area contributed by atoms with Crippen molar-refractivity contribution in [2.75, 3.05) is 0 Å². The van der Waals surface area contributed by atoms with Crippen LogP contribution in [0.5, 0.6) is 0 Å². The zero-order valence-electron chi connectivity index (χ0n) is 14.0. The molecule has 0 aromatic carbocycles. The number of hydrogen-bond donors (Lipinski definition) is 3. The van der Waals surface area contributed by atoms with Crippen LogP contribution in [-0.4, -0.2) is 43.6 Å². The molecule has 2 atom stereocenters. The van der Waals surface area contributed by atoms with Gasteiger partial charge in [0.25, 0.3) is 5.91 Å². The second-order valence-electron chi connectivity index (χ2n) is 5.83. The number of halogens is 3. The second kappa shape index (κ2) is 7.32. The summed E-state index contributed by atoms with van der Waals surface area (Å²) in [5.41, 5.74) is -0.765. The number of amides is 1. The van der Waals surface area contributed by atoms with Crippen LogP contribution in [0.15, 0.2) is 18.3 Å². The van der Waals surface area contributed by atoms with Gasteiger partial charge in [-0.05, 0) is 25.5 Å². The molecule has 2 heterocycles. The molecule has 0 bridgehead atoms. The summed E-state index contributed by atoms with van der Waals surface area (Å²) >= 11 is 0. The number of aliphatic hydroxyl groups is 1. The Labute approximate surface area is 146 Å². The molecule has 0 saturated carbocycles. The number of aromatic nitrogens is 2. The lowest BCUT2D eigenvalue weighted by Gasteiger charge is -2.17. The summed E-state index contributed by atoms with van der Waals surface area (Å²) in [5, 5.41) is 20.7. The van der Waals surface area contributed by atoms with Crippen LogP contribution in [0.2, 0.25) is 0 Å². The van der Waals surface area contributed by atoms with E-state index in [0.29, 0.717) is 12.8 Å². The Balaban J connectivity index is 2.56. The van der Waals surface area contributed by atoms with Gasteiger partial charge in [0.2, 0.25) is 0 Å². The zero-order chi connectivity index (χ0) is 19.6. The summed E-state index contributed by atoms with van der Waals surface area (Å²) in [6.07, 6.45) is -4.36. The van der Waals surface area contributed by atoms with Gasteiger partial charge in [0, 0.05) is 6.20 Å². The quantitative estimate of drug-likeness (QED) is 0.717. The fourth-order valence-corrected chi connectivity index (χ4v) is 2.51. The van der Waals surface area contributed by atoms with E-state index in [2.05, 4.69) is 10.3 Å². The first-order valence-electron chi connectivity index (χ1n) is 7.86. The van der Waals surface area contributed by atoms with E-state index in [1.54, 1.807) is 0 Å². The van der Waals surface area contributed by atoms with E-state index in [1.807, 2.05) is 6.92 Å². The molecule has 1 amide bonds. The molecule has 0 aliphatic rings. The van der Waals surface area contributed by atoms with Crippen molar-refractivity contribution in [1.29, 1.82) is 0 Å². The minimum Gasteiger partial charge on any atom is -0.480 e. The first-order valence-corrected chi connectivity index (χ1v) is 7.86. The molecule has 0 fully saturated rings. The van der Waals surface area contributed by atoms with Crippen molar-refractivity contribution in [2.45, 2.75) is 45.0 Å². The van der Waals surface area contributed by atoms with Crippen LogP contribution < -0.4 is 5.32 Å². The molecule has 10 heteroatoms. The molecule has 2 unspecified atom stereocenters. The van der Waals surface area contributed by atoms with Crippen LogP contribution in [0, 0.1) is 0 Å². The van der Waals surface area contributed by atoms with Crippen molar-refractivity contribution < 1.29 is 33.0 Å². The van der Waals surface area contributed by atoms with Gasteiger partial charge < -0.3 is 15.5 Å². The van der Waals surface area contributed by atoms with Crippen LogP contribution in [0.4, 0.5) is 13.2 Å². The predicted molar refractivity (Wildman–Crippen MR) is 84.8 cm³/mol. The molecule has 2 aromatic rings. The number of alkyl halides is 3. The van der Waals surface area contributed by atoms with Gasteiger partial charge in [0.05, 0.1) is 17.4 Å². The number of nitrogens with one attached hydrogen (secondary N) is 1. The highest BCUT2D eigenvalue weighted by molar-refractivity contribution is 5.97. The Morgan fingerprint density at radius 1 is 1.35 bits per heavy atom. The number of aliphatic carboxylic acids is 1. The molecule has 0 radical (unpaired) electrons. The van der Waals surface area contributed by atoms with Gasteiger partial charge in [-0.25, -0.2) is 9.78 Å². The molecular formula is C16H18F3N3O4. The fraction of sp³-hybridized carbons (Fsp3) is 0.438. The average molecular weight is 373 g/mol. The summed E-state index contributed by atoms with van der Waals surface area (Å²) in [6.45, 7) is 2.99. The number of pyridine rings is 1. The van der Waals surface area contributed by atoms with Gasteiger partial charge in [-0.2, -0.15) is 13.2 Å². The normalized spacial score (nSPS) is 14.2. The molecule has 0 spiro atoms. The van der Waals surface area contributed by atoms with Gasteiger partial charge in [0.1, 0.15) is 11.3 Å². The standard InChI is InChI=1S/C16H18F3N3O4/c1-3-4-10-13(14(24)21-12(8(2)23)15(25)26)22-7-9(16(17,18)19)5-6-11(22)20-10/h5-8,12,23H,3-4H2,1-2H3,(H,21,24)(H,25,26). The van der Waals surface area contributed by atoms with Crippen LogP contribution in [0.25, 0.3) is 5.65 Å². The van der Waals surface area contributed by atoms with Crippen LogP contribution in [0.3, 0.4) is 0 Å². The topological polar surface area (TPSA) is 104 Å². The molecule has 0 aliphatic carbocycles. The molecule has 2 rings (SSSR count). The van der Waals surface area contributed by atoms with Crippen LogP contribution >= 0.6 is 0 Å². The van der Waals surface area contributed by atoms with E-state index in [4.69, 9.17) is 5.11 Å². The number of carboxylic acid groups (broad SMARTS) is 1. The van der Waals surface area contributed by atoms with E-state index in [-0.39, 0.29) is 17.0 Å². The molecule has 0 aliphatic heterocycles. The maximum Gasteiger partial charge on any atom is 0.417 e. The maximum absolute atomic E-state index is 13.0. The number of aryl methyl sites for hydroxylation is 1. The lowest BCUT2D eigenvalue weighted by Crippen LogP contribution is -2.48. The third-order valence-electron chi connectivity index (χ3n) is 3.75. The first kappa shape index (κ1) is 19.7. The third kappa shape index (κ3) is 3.96. The maximum atomic E-state index is 13.0. The minimum atomic E-state index is -4.61. The Morgan fingerprint density at radius 3 is 2.50 bits per heavy atom. The number of imidazole rings is 1. The number of fused-ring (bicyclic) bond motifs is 1. The van der Waals surface area contributed by atoms with Crippen LogP contribution in [0.1, 0.15) is 42.0 Å². The van der Waals surface area contributed by atoms with Crippen molar-refractivity contribution in [3.8, 4) is 0 Å². The molecular weight excluding hydrogens is 355 g/mol. The molecule has 2 aromatic heterocycles. The van der Waals surface area contributed by atoms with Crippen molar-refractivity contribution >= 4 is 17.5 Å². The molecule has 142 valence electrons. The Hall–Kier alpha value is -2.62. The molecule has 26 heavy (non-hydrogen) atoms. The van der Waals surface area contributed by atoms with Gasteiger partial charge in [0.15, 0.2) is 6.04 Å². The van der Waals surface area contributed by atoms with Crippen molar-refractivity contribution in [3.05, 3.63) is 35.3 Å². The number of nitrogens with zero attached hydrogens (tertiary/aromatic N) is 2. The van der Waals surface area contributed by atoms with E-state index in [9.17, 15) is 27.9 Å².